The normalized spacial score (nSPS) is 18.8. The molecular weight excluding hydrogens is 370 g/mol. The summed E-state index contributed by atoms with van der Waals surface area (Å²) >= 11 is 0. The van der Waals surface area contributed by atoms with Gasteiger partial charge in [0.25, 0.3) is 5.56 Å². The first-order valence-corrected chi connectivity index (χ1v) is 10.5. The maximum atomic E-state index is 12.6. The minimum atomic E-state index is -3.09. The fraction of sp³-hybridized carbons (Fsp3) is 0.389. The number of aromatic amines is 1. The number of carbonyl (C=O) groups is 1. The van der Waals surface area contributed by atoms with Gasteiger partial charge in [-0.15, -0.1) is 0 Å². The summed E-state index contributed by atoms with van der Waals surface area (Å²) in [5.41, 5.74) is 1.72. The van der Waals surface area contributed by atoms with Crippen molar-refractivity contribution in [1.29, 1.82) is 0 Å². The number of sulfone groups is 1. The third-order valence-electron chi connectivity index (χ3n) is 4.44. The highest BCUT2D eigenvalue weighted by molar-refractivity contribution is 7.91. The molecule has 9 heteroatoms. The highest BCUT2D eigenvalue weighted by Gasteiger charge is 2.31. The number of hydrogen-bond acceptors (Lipinski definition) is 6. The van der Waals surface area contributed by atoms with Gasteiger partial charge >= 0.3 is 5.97 Å². The second-order valence-corrected chi connectivity index (χ2v) is 8.64. The van der Waals surface area contributed by atoms with E-state index in [4.69, 9.17) is 4.74 Å². The van der Waals surface area contributed by atoms with Crippen LogP contribution in [-0.4, -0.2) is 48.5 Å². The Kier molecular flexibility index (Phi) is 5.31. The predicted molar refractivity (Wildman–Crippen MR) is 102 cm³/mol. The van der Waals surface area contributed by atoms with Crippen LogP contribution in [0, 0.1) is 6.92 Å². The van der Waals surface area contributed by atoms with Crippen molar-refractivity contribution in [2.24, 2.45) is 4.99 Å². The fourth-order valence-corrected chi connectivity index (χ4v) is 4.71. The predicted octanol–water partition coefficient (Wildman–Crippen LogP) is 1.77. The Labute approximate surface area is 156 Å². The molecule has 1 atom stereocenters. The van der Waals surface area contributed by atoms with E-state index in [1.165, 1.54) is 10.9 Å². The lowest BCUT2D eigenvalue weighted by Gasteiger charge is -2.07. The van der Waals surface area contributed by atoms with Gasteiger partial charge in [-0.25, -0.2) is 17.9 Å². The Morgan fingerprint density at radius 2 is 2.07 bits per heavy atom. The molecule has 144 valence electrons. The summed E-state index contributed by atoms with van der Waals surface area (Å²) in [6, 6.07) is 6.17. The van der Waals surface area contributed by atoms with Gasteiger partial charge in [0, 0.05) is 11.9 Å². The number of benzene rings is 1. The van der Waals surface area contributed by atoms with Crippen LogP contribution in [-0.2, 0) is 14.6 Å². The van der Waals surface area contributed by atoms with E-state index in [1.54, 1.807) is 38.1 Å². The fourth-order valence-electron chi connectivity index (χ4n) is 3.01. The zero-order chi connectivity index (χ0) is 19.6. The first-order chi connectivity index (χ1) is 12.8. The molecule has 3 rings (SSSR count). The molecule has 1 saturated heterocycles. The van der Waals surface area contributed by atoms with Crippen molar-refractivity contribution in [2.75, 3.05) is 18.1 Å². The molecule has 27 heavy (non-hydrogen) atoms. The zero-order valence-electron chi connectivity index (χ0n) is 15.1. The first kappa shape index (κ1) is 19.1. The number of aryl methyl sites for hydroxylation is 1. The molecule has 0 spiro atoms. The molecule has 0 bridgehead atoms. The average Bonchev–Trinajstić information content (AvgIpc) is 3.13. The van der Waals surface area contributed by atoms with E-state index >= 15 is 0 Å². The number of aromatic nitrogens is 2. The molecule has 0 radical (unpaired) electrons. The Balaban J connectivity index is 1.80. The molecule has 1 fully saturated rings. The Morgan fingerprint density at radius 3 is 2.67 bits per heavy atom. The van der Waals surface area contributed by atoms with Crippen LogP contribution in [0.2, 0.25) is 0 Å². The zero-order valence-corrected chi connectivity index (χ0v) is 16.0. The maximum absolute atomic E-state index is 12.6. The SMILES string of the molecule is CCOC(=O)c1ccc(N=Cc2c(C)[nH]n([C@@H]3CCS(=O)(=O)C3)c2=O)cc1. The number of aliphatic imine (C=N–C) groups is 1. The molecular formula is C18H21N3O5S. The van der Waals surface area contributed by atoms with Crippen LogP contribution >= 0.6 is 0 Å². The third-order valence-corrected chi connectivity index (χ3v) is 6.19. The molecule has 1 aromatic heterocycles. The van der Waals surface area contributed by atoms with Crippen molar-refractivity contribution in [3.8, 4) is 0 Å². The van der Waals surface area contributed by atoms with Crippen molar-refractivity contribution >= 4 is 27.7 Å². The molecule has 0 amide bonds. The van der Waals surface area contributed by atoms with E-state index in [9.17, 15) is 18.0 Å². The van der Waals surface area contributed by atoms with Crippen molar-refractivity contribution in [3.63, 3.8) is 0 Å². The molecule has 2 heterocycles. The van der Waals surface area contributed by atoms with E-state index in [0.29, 0.717) is 35.5 Å². The lowest BCUT2D eigenvalue weighted by molar-refractivity contribution is 0.0526. The van der Waals surface area contributed by atoms with Crippen molar-refractivity contribution in [3.05, 3.63) is 51.4 Å². The third kappa shape index (κ3) is 4.19. The number of ether oxygens (including phenoxy) is 1. The van der Waals surface area contributed by atoms with Crippen molar-refractivity contribution in [2.45, 2.75) is 26.3 Å². The largest absolute Gasteiger partial charge is 0.462 e. The molecule has 0 unspecified atom stereocenters. The lowest BCUT2D eigenvalue weighted by Crippen LogP contribution is -2.25. The Morgan fingerprint density at radius 1 is 1.37 bits per heavy atom. The second kappa shape index (κ2) is 7.51. The van der Waals surface area contributed by atoms with Crippen LogP contribution in [0.15, 0.2) is 34.1 Å². The van der Waals surface area contributed by atoms with Crippen molar-refractivity contribution in [1.82, 2.24) is 9.78 Å². The summed E-state index contributed by atoms with van der Waals surface area (Å²) in [4.78, 5) is 28.5. The number of nitrogens with one attached hydrogen (secondary N) is 1. The summed E-state index contributed by atoms with van der Waals surface area (Å²) in [6.07, 6.45) is 1.88. The standard InChI is InChI=1S/C18H21N3O5S/c1-3-26-18(23)13-4-6-14(7-5-13)19-10-16-12(2)20-21(17(16)22)15-8-9-27(24,25)11-15/h4-7,10,15,20H,3,8-9,11H2,1-2H3/t15-/m1/s1. The maximum Gasteiger partial charge on any atom is 0.338 e. The summed E-state index contributed by atoms with van der Waals surface area (Å²) in [5, 5.41) is 2.95. The van der Waals surface area contributed by atoms with E-state index in [2.05, 4.69) is 10.1 Å². The van der Waals surface area contributed by atoms with Gasteiger partial charge in [0.2, 0.25) is 0 Å². The van der Waals surface area contributed by atoms with E-state index < -0.39 is 15.8 Å². The summed E-state index contributed by atoms with van der Waals surface area (Å²) in [5.74, 6) is -0.333. The quantitative estimate of drug-likeness (QED) is 0.617. The molecule has 2 aromatic rings. The van der Waals surface area contributed by atoms with Crippen LogP contribution in [0.25, 0.3) is 0 Å². The molecule has 1 aliphatic rings. The van der Waals surface area contributed by atoms with E-state index in [0.717, 1.165) is 0 Å². The van der Waals surface area contributed by atoms with Gasteiger partial charge in [0.15, 0.2) is 9.84 Å². The second-order valence-electron chi connectivity index (χ2n) is 6.41. The van der Waals surface area contributed by atoms with Crippen LogP contribution in [0.3, 0.4) is 0 Å². The van der Waals surface area contributed by atoms with E-state index in [1.807, 2.05) is 0 Å². The van der Waals surface area contributed by atoms with Gasteiger partial charge in [-0.05, 0) is 44.5 Å². The number of rotatable bonds is 5. The number of carbonyl (C=O) groups excluding carboxylic acids is 1. The molecule has 0 saturated carbocycles. The topological polar surface area (TPSA) is 111 Å². The van der Waals surface area contributed by atoms with E-state index in [-0.39, 0.29) is 23.1 Å². The average molecular weight is 391 g/mol. The minimum Gasteiger partial charge on any atom is -0.462 e. The molecule has 8 nitrogen and oxygen atoms in total. The molecule has 1 aromatic carbocycles. The monoisotopic (exact) mass is 391 g/mol. The van der Waals surface area contributed by atoms with Gasteiger partial charge < -0.3 is 4.74 Å². The summed E-state index contributed by atoms with van der Waals surface area (Å²) in [6.45, 7) is 3.79. The molecule has 0 aliphatic carbocycles. The Hall–Kier alpha value is -2.68. The smallest absolute Gasteiger partial charge is 0.338 e. The molecule has 1 aliphatic heterocycles. The first-order valence-electron chi connectivity index (χ1n) is 8.63. The van der Waals surface area contributed by atoms with Gasteiger partial charge in [0.1, 0.15) is 0 Å². The van der Waals surface area contributed by atoms with Crippen LogP contribution in [0.5, 0.6) is 0 Å². The van der Waals surface area contributed by atoms with Gasteiger partial charge in [-0.2, -0.15) is 0 Å². The Bertz CT molecular complexity index is 1030. The minimum absolute atomic E-state index is 0.0290. The summed E-state index contributed by atoms with van der Waals surface area (Å²) in [7, 11) is -3.09. The number of hydrogen-bond donors (Lipinski definition) is 1. The van der Waals surface area contributed by atoms with Crippen LogP contribution < -0.4 is 5.56 Å². The molecule has 1 N–H and O–H groups in total. The van der Waals surface area contributed by atoms with Gasteiger partial charge in [-0.3, -0.25) is 14.9 Å². The highest BCUT2D eigenvalue weighted by atomic mass is 32.2. The summed E-state index contributed by atoms with van der Waals surface area (Å²) < 4.78 is 29.6. The number of nitrogens with zero attached hydrogens (tertiary/aromatic N) is 2. The van der Waals surface area contributed by atoms with Crippen LogP contribution in [0.1, 0.15) is 41.0 Å². The number of esters is 1. The van der Waals surface area contributed by atoms with Crippen molar-refractivity contribution < 1.29 is 17.9 Å². The van der Waals surface area contributed by atoms with Crippen LogP contribution in [0.4, 0.5) is 5.69 Å². The van der Waals surface area contributed by atoms with Gasteiger partial charge in [-0.1, -0.05) is 0 Å². The number of H-pyrrole nitrogens is 1. The highest BCUT2D eigenvalue weighted by Crippen LogP contribution is 2.22. The van der Waals surface area contributed by atoms with Gasteiger partial charge in [0.05, 0.1) is 41.0 Å². The lowest BCUT2D eigenvalue weighted by atomic mass is 10.2.